The number of β-amino-alcohol motifs (C(OH)–C–C–N with tert-alkyl or cyclic N) is 1. The third-order valence-corrected chi connectivity index (χ3v) is 10.5. The molecule has 3 aromatic carbocycles. The molecule has 1 fully saturated rings. The molecule has 0 unspecified atom stereocenters. The number of rotatable bonds is 16. The number of pyridine rings is 2. The number of fused-ring (bicyclic) bond motifs is 1. The van der Waals surface area contributed by atoms with Gasteiger partial charge >= 0.3 is 0 Å². The highest BCUT2D eigenvalue weighted by Crippen LogP contribution is 2.37. The highest BCUT2D eigenvalue weighted by atomic mass is 35.5. The third kappa shape index (κ3) is 9.49. The van der Waals surface area contributed by atoms with E-state index in [0.29, 0.717) is 48.4 Å². The molecule has 0 amide bonds. The van der Waals surface area contributed by atoms with Gasteiger partial charge in [0.2, 0.25) is 0 Å². The number of benzene rings is 3. The summed E-state index contributed by atoms with van der Waals surface area (Å²) in [6, 6.07) is 28.2. The highest BCUT2D eigenvalue weighted by molar-refractivity contribution is 6.32. The molecule has 1 N–H and O–H groups in total. The quantitative estimate of drug-likeness (QED) is 0.0976. The number of hydrogen-bond donors (Lipinski definition) is 1. The Morgan fingerprint density at radius 3 is 2.50 bits per heavy atom. The number of nitrogens with zero attached hydrogens (tertiary/aromatic N) is 6. The molecule has 1 atom stereocenters. The Hall–Kier alpha value is -5.44. The van der Waals surface area contributed by atoms with Crippen LogP contribution in [0.3, 0.4) is 0 Å². The zero-order valence-electron chi connectivity index (χ0n) is 32.1. The van der Waals surface area contributed by atoms with E-state index in [-0.39, 0.29) is 12.7 Å². The first kappa shape index (κ1) is 38.8. The van der Waals surface area contributed by atoms with Gasteiger partial charge in [-0.25, -0.2) is 4.52 Å². The van der Waals surface area contributed by atoms with Crippen molar-refractivity contribution in [1.82, 2.24) is 24.4 Å². The number of hydrogen-bond acceptors (Lipinski definition) is 9. The number of ether oxygens (including phenoxy) is 3. The first-order chi connectivity index (χ1) is 27.2. The summed E-state index contributed by atoms with van der Waals surface area (Å²) in [6.45, 7) is 9.16. The topological polar surface area (TPSA) is 108 Å². The summed E-state index contributed by atoms with van der Waals surface area (Å²) in [5.74, 6) is 2.02. The van der Waals surface area contributed by atoms with Crippen LogP contribution in [-0.4, -0.2) is 68.9 Å². The van der Waals surface area contributed by atoms with Gasteiger partial charge in [-0.05, 0) is 98.0 Å². The summed E-state index contributed by atoms with van der Waals surface area (Å²) in [5.41, 5.74) is 9.62. The zero-order valence-corrected chi connectivity index (χ0v) is 32.9. The van der Waals surface area contributed by atoms with Crippen LogP contribution < -0.4 is 14.2 Å². The maximum absolute atomic E-state index is 9.82. The summed E-state index contributed by atoms with van der Waals surface area (Å²) in [5, 5.41) is 24.4. The van der Waals surface area contributed by atoms with E-state index in [9.17, 15) is 10.4 Å². The van der Waals surface area contributed by atoms with Crippen molar-refractivity contribution in [2.45, 2.75) is 59.1 Å². The van der Waals surface area contributed by atoms with Crippen molar-refractivity contribution in [2.75, 3.05) is 33.3 Å². The lowest BCUT2D eigenvalue weighted by atomic mass is 9.93. The molecular formula is C45H47ClN6O4. The van der Waals surface area contributed by atoms with Crippen molar-refractivity contribution in [3.8, 4) is 34.4 Å². The largest absolute Gasteiger partial charge is 0.493 e. The molecule has 10 nitrogen and oxygen atoms in total. The van der Waals surface area contributed by atoms with Gasteiger partial charge in [0, 0.05) is 68.5 Å². The van der Waals surface area contributed by atoms with Gasteiger partial charge in [0.05, 0.1) is 34.5 Å². The minimum Gasteiger partial charge on any atom is -0.493 e. The molecule has 1 saturated heterocycles. The summed E-state index contributed by atoms with van der Waals surface area (Å²) in [7, 11) is 2.04. The molecule has 3 aromatic heterocycles. The van der Waals surface area contributed by atoms with Gasteiger partial charge in [0.1, 0.15) is 36.5 Å². The number of halogens is 1. The van der Waals surface area contributed by atoms with Gasteiger partial charge in [0.25, 0.3) is 0 Å². The van der Waals surface area contributed by atoms with E-state index < -0.39 is 0 Å². The molecule has 1 aliphatic rings. The Morgan fingerprint density at radius 2 is 1.70 bits per heavy atom. The van der Waals surface area contributed by atoms with Crippen molar-refractivity contribution in [3.63, 3.8) is 0 Å². The number of aliphatic hydroxyl groups excluding tert-OH is 1. The van der Waals surface area contributed by atoms with Gasteiger partial charge in [-0.1, -0.05) is 48.0 Å². The Labute approximate surface area is 333 Å². The van der Waals surface area contributed by atoms with Crippen LogP contribution >= 0.6 is 11.6 Å². The summed E-state index contributed by atoms with van der Waals surface area (Å²) in [6.07, 6.45) is 6.73. The number of nitriles is 1. The van der Waals surface area contributed by atoms with E-state index in [1.54, 1.807) is 12.3 Å². The molecule has 56 heavy (non-hydrogen) atoms. The molecule has 4 heterocycles. The van der Waals surface area contributed by atoms with Crippen LogP contribution in [0.4, 0.5) is 0 Å². The predicted molar refractivity (Wildman–Crippen MR) is 218 cm³/mol. The predicted octanol–water partition coefficient (Wildman–Crippen LogP) is 8.16. The molecule has 0 spiro atoms. The second-order valence-corrected chi connectivity index (χ2v) is 14.9. The second kappa shape index (κ2) is 18.0. The second-order valence-electron chi connectivity index (χ2n) is 14.5. The molecule has 1 aliphatic heterocycles. The normalized spacial score (nSPS) is 14.3. The van der Waals surface area contributed by atoms with Crippen LogP contribution in [0, 0.1) is 25.2 Å². The highest BCUT2D eigenvalue weighted by Gasteiger charge is 2.20. The Bertz CT molecular complexity index is 2310. The van der Waals surface area contributed by atoms with Crippen LogP contribution in [-0.2, 0) is 26.3 Å². The van der Waals surface area contributed by atoms with Crippen molar-refractivity contribution in [2.24, 2.45) is 0 Å². The lowest BCUT2D eigenvalue weighted by Gasteiger charge is -2.20. The minimum atomic E-state index is -0.204. The smallest absolute Gasteiger partial charge is 0.142 e. The van der Waals surface area contributed by atoms with Crippen LogP contribution in [0.5, 0.6) is 17.2 Å². The summed E-state index contributed by atoms with van der Waals surface area (Å²) >= 11 is 6.93. The molecular weight excluding hydrogens is 724 g/mol. The maximum Gasteiger partial charge on any atom is 0.142 e. The molecule has 7 rings (SSSR count). The maximum atomic E-state index is 9.82. The summed E-state index contributed by atoms with van der Waals surface area (Å²) in [4.78, 5) is 8.65. The van der Waals surface area contributed by atoms with Gasteiger partial charge in [-0.3, -0.25) is 9.88 Å². The van der Waals surface area contributed by atoms with Crippen molar-refractivity contribution in [1.29, 1.82) is 5.26 Å². The standard InChI is InChI=1S/C45H47ClN6O4/c1-31-35(9-6-11-40(31)41-12-7-13-43(32(41)2)54-18-8-15-51-17-14-39(53)28-51)30-56-45-22-44(55-29-34-19-33(23-47)24-48-25-34)36(20-42(45)46)26-50(3)27-37-21-38-10-4-5-16-52(38)49-37/h4-7,9-13,16,19-22,24-25,39,53H,8,14-15,17-18,26-30H2,1-3H3/t39-/m1/s1. The van der Waals surface area contributed by atoms with Crippen LogP contribution in [0.2, 0.25) is 5.02 Å². The average molecular weight is 771 g/mol. The molecule has 6 aromatic rings. The molecule has 288 valence electrons. The Balaban J connectivity index is 1.06. The van der Waals surface area contributed by atoms with E-state index in [2.05, 4.69) is 65.0 Å². The van der Waals surface area contributed by atoms with Crippen molar-refractivity contribution >= 4 is 17.1 Å². The van der Waals surface area contributed by atoms with Gasteiger partial charge in [0.15, 0.2) is 0 Å². The fourth-order valence-electron chi connectivity index (χ4n) is 7.26. The minimum absolute atomic E-state index is 0.204. The molecule has 11 heteroatoms. The molecule has 0 radical (unpaired) electrons. The van der Waals surface area contributed by atoms with Crippen LogP contribution in [0.15, 0.2) is 97.5 Å². The monoisotopic (exact) mass is 770 g/mol. The van der Waals surface area contributed by atoms with Crippen molar-refractivity contribution < 1.29 is 19.3 Å². The molecule has 0 bridgehead atoms. The van der Waals surface area contributed by atoms with Gasteiger partial charge in [-0.2, -0.15) is 10.4 Å². The van der Waals surface area contributed by atoms with Gasteiger partial charge < -0.3 is 24.2 Å². The van der Waals surface area contributed by atoms with E-state index in [1.165, 1.54) is 6.20 Å². The van der Waals surface area contributed by atoms with Gasteiger partial charge in [-0.15, -0.1) is 0 Å². The SMILES string of the molecule is Cc1c(COc2cc(OCc3cncc(C#N)c3)c(CN(C)Cc3cc4ccccn4n3)cc2Cl)cccc1-c1cccc(OCCCN2CC[C@@H](O)C2)c1C. The molecule has 0 aliphatic carbocycles. The van der Waals surface area contributed by atoms with E-state index in [1.807, 2.05) is 60.2 Å². The average Bonchev–Trinajstić information content (AvgIpc) is 3.81. The number of aromatic nitrogens is 3. The summed E-state index contributed by atoms with van der Waals surface area (Å²) < 4.78 is 21.0. The first-order valence-corrected chi connectivity index (χ1v) is 19.4. The number of likely N-dealkylation sites (tertiary alicyclic amines) is 1. The van der Waals surface area contributed by atoms with E-state index in [4.69, 9.17) is 30.9 Å². The van der Waals surface area contributed by atoms with Crippen LogP contribution in [0.1, 0.15) is 51.9 Å². The van der Waals surface area contributed by atoms with E-state index >= 15 is 0 Å². The Kier molecular flexibility index (Phi) is 12.5. The first-order valence-electron chi connectivity index (χ1n) is 19.0. The Morgan fingerprint density at radius 1 is 0.875 bits per heavy atom. The molecule has 0 saturated carbocycles. The zero-order chi connectivity index (χ0) is 39.0. The third-order valence-electron chi connectivity index (χ3n) is 10.3. The number of aliphatic hydroxyl groups is 1. The fraction of sp³-hybridized carbons (Fsp3) is 0.311. The fourth-order valence-corrected chi connectivity index (χ4v) is 7.50. The lowest BCUT2D eigenvalue weighted by molar-refractivity contribution is 0.173. The van der Waals surface area contributed by atoms with E-state index in [0.717, 1.165) is 88.4 Å². The lowest BCUT2D eigenvalue weighted by Crippen LogP contribution is -2.24. The van der Waals surface area contributed by atoms with Crippen molar-refractivity contribution in [3.05, 3.63) is 142 Å². The van der Waals surface area contributed by atoms with Crippen LogP contribution in [0.25, 0.3) is 16.6 Å².